The fraction of sp³-hybridized carbons (Fsp3) is 0.357. The van der Waals surface area contributed by atoms with Crippen LogP contribution in [0.4, 0.5) is 5.69 Å². The molecule has 2 rings (SSSR count). The molecule has 0 spiro atoms. The van der Waals surface area contributed by atoms with Crippen molar-refractivity contribution >= 4 is 23.5 Å². The van der Waals surface area contributed by atoms with Crippen molar-refractivity contribution in [3.63, 3.8) is 0 Å². The Balaban J connectivity index is 2.06. The van der Waals surface area contributed by atoms with Crippen LogP contribution in [0, 0.1) is 0 Å². The van der Waals surface area contributed by atoms with Gasteiger partial charge in [0.15, 0.2) is 0 Å². The number of amides is 1. The summed E-state index contributed by atoms with van der Waals surface area (Å²) in [6.45, 7) is 0.399. The molecule has 7 nitrogen and oxygen atoms in total. The number of carbonyl (C=O) groups is 3. The molecule has 0 radical (unpaired) electrons. The molecule has 7 heteroatoms. The summed E-state index contributed by atoms with van der Waals surface area (Å²) < 4.78 is 4.43. The van der Waals surface area contributed by atoms with Crippen LogP contribution in [-0.2, 0) is 19.1 Å². The van der Waals surface area contributed by atoms with Gasteiger partial charge in [0, 0.05) is 12.2 Å². The number of carbonyl (C=O) groups excluding carboxylic acids is 2. The predicted octanol–water partition coefficient (Wildman–Crippen LogP) is 0.328. The van der Waals surface area contributed by atoms with Gasteiger partial charge in [-0.15, -0.1) is 0 Å². The van der Waals surface area contributed by atoms with Crippen LogP contribution in [0.5, 0.6) is 0 Å². The molecule has 1 unspecified atom stereocenters. The molecule has 0 bridgehead atoms. The molecule has 0 aromatic heterocycles. The average Bonchev–Trinajstić information content (AvgIpc) is 2.90. The molecule has 0 saturated heterocycles. The molecular weight excluding hydrogens is 276 g/mol. The minimum atomic E-state index is -1.29. The third-order valence-corrected chi connectivity index (χ3v) is 3.36. The largest absolute Gasteiger partial charge is 0.480 e. The first-order chi connectivity index (χ1) is 10.0. The molecule has 2 atom stereocenters. The maximum Gasteiger partial charge on any atom is 0.326 e. The Morgan fingerprint density at radius 1 is 1.43 bits per heavy atom. The molecule has 1 aromatic carbocycles. The van der Waals surface area contributed by atoms with Gasteiger partial charge in [-0.1, -0.05) is 18.2 Å². The van der Waals surface area contributed by atoms with Gasteiger partial charge >= 0.3 is 11.9 Å². The number of carboxylic acid groups (broad SMARTS) is 1. The average molecular weight is 292 g/mol. The number of carboxylic acids is 1. The molecule has 1 amide bonds. The van der Waals surface area contributed by atoms with E-state index < -0.39 is 36.2 Å². The maximum absolute atomic E-state index is 12.2. The zero-order valence-electron chi connectivity index (χ0n) is 11.5. The summed E-state index contributed by atoms with van der Waals surface area (Å²) in [6.07, 6.45) is -0.403. The zero-order chi connectivity index (χ0) is 15.4. The summed E-state index contributed by atoms with van der Waals surface area (Å²) in [7, 11) is 1.17. The number of methoxy groups -OCH3 is 1. The van der Waals surface area contributed by atoms with Gasteiger partial charge in [0.25, 0.3) is 0 Å². The van der Waals surface area contributed by atoms with Crippen LogP contribution >= 0.6 is 0 Å². The minimum absolute atomic E-state index is 0.399. The molecule has 0 fully saturated rings. The molecule has 1 aliphatic heterocycles. The van der Waals surface area contributed by atoms with Gasteiger partial charge in [0.2, 0.25) is 5.91 Å². The van der Waals surface area contributed by atoms with Crippen molar-refractivity contribution in [3.05, 3.63) is 29.8 Å². The number of esters is 1. The molecule has 1 aromatic rings. The molecule has 0 saturated carbocycles. The first-order valence-electron chi connectivity index (χ1n) is 6.45. The number of rotatable bonds is 5. The van der Waals surface area contributed by atoms with Gasteiger partial charge in [0.1, 0.15) is 6.04 Å². The number of aliphatic carboxylic acids is 1. The number of fused-ring (bicyclic) bond motifs is 1. The van der Waals surface area contributed by atoms with E-state index in [1.807, 2.05) is 24.3 Å². The summed E-state index contributed by atoms with van der Waals surface area (Å²) in [6, 6.07) is 6.04. The number of ether oxygens (including phenoxy) is 1. The number of nitrogens with one attached hydrogen (secondary N) is 2. The number of anilines is 1. The van der Waals surface area contributed by atoms with E-state index in [2.05, 4.69) is 15.4 Å². The van der Waals surface area contributed by atoms with Crippen LogP contribution in [0.25, 0.3) is 0 Å². The quantitative estimate of drug-likeness (QED) is 0.675. The fourth-order valence-electron chi connectivity index (χ4n) is 2.24. The Hall–Kier alpha value is -2.57. The van der Waals surface area contributed by atoms with Gasteiger partial charge in [0.05, 0.1) is 19.4 Å². The lowest BCUT2D eigenvalue weighted by atomic mass is 10.00. The standard InChI is InChI=1S/C14H16N2O5/c1-21-12(17)6-11(14(19)20)16-13(18)9-7-15-10-5-3-2-4-8(9)10/h2-5,9,11,15H,6-7H2,1H3,(H,16,18)(H,19,20)/t9?,11-/m0/s1. The van der Waals surface area contributed by atoms with Crippen LogP contribution in [0.15, 0.2) is 24.3 Å². The van der Waals surface area contributed by atoms with Gasteiger partial charge in [-0.3, -0.25) is 9.59 Å². The Morgan fingerprint density at radius 2 is 2.14 bits per heavy atom. The predicted molar refractivity (Wildman–Crippen MR) is 73.9 cm³/mol. The lowest BCUT2D eigenvalue weighted by molar-refractivity contribution is -0.148. The van der Waals surface area contributed by atoms with Gasteiger partial charge < -0.3 is 20.5 Å². The lowest BCUT2D eigenvalue weighted by Crippen LogP contribution is -2.44. The highest BCUT2D eigenvalue weighted by atomic mass is 16.5. The van der Waals surface area contributed by atoms with Crippen molar-refractivity contribution in [2.45, 2.75) is 18.4 Å². The fourth-order valence-corrected chi connectivity index (χ4v) is 2.24. The molecule has 21 heavy (non-hydrogen) atoms. The van der Waals surface area contributed by atoms with Crippen molar-refractivity contribution in [2.75, 3.05) is 19.0 Å². The molecule has 1 aliphatic rings. The molecular formula is C14H16N2O5. The summed E-state index contributed by atoms with van der Waals surface area (Å²) in [5.74, 6) is -2.86. The minimum Gasteiger partial charge on any atom is -0.480 e. The second kappa shape index (κ2) is 6.25. The van der Waals surface area contributed by atoms with E-state index in [-0.39, 0.29) is 0 Å². The van der Waals surface area contributed by atoms with Crippen LogP contribution in [0.1, 0.15) is 17.9 Å². The number of hydrogen-bond donors (Lipinski definition) is 3. The van der Waals surface area contributed by atoms with Crippen molar-refractivity contribution in [1.82, 2.24) is 5.32 Å². The monoisotopic (exact) mass is 292 g/mol. The second-order valence-corrected chi connectivity index (χ2v) is 4.70. The van der Waals surface area contributed by atoms with E-state index >= 15 is 0 Å². The normalized spacial score (nSPS) is 17.3. The first-order valence-corrected chi connectivity index (χ1v) is 6.45. The zero-order valence-corrected chi connectivity index (χ0v) is 11.5. The number of benzene rings is 1. The number of para-hydroxylation sites is 1. The van der Waals surface area contributed by atoms with E-state index in [9.17, 15) is 14.4 Å². The Morgan fingerprint density at radius 3 is 2.81 bits per heavy atom. The van der Waals surface area contributed by atoms with Crippen molar-refractivity contribution in [2.24, 2.45) is 0 Å². The molecule has 0 aliphatic carbocycles. The highest BCUT2D eigenvalue weighted by molar-refractivity contribution is 5.92. The molecule has 1 heterocycles. The molecule has 112 valence electrons. The molecule has 3 N–H and O–H groups in total. The maximum atomic E-state index is 12.2. The van der Waals surface area contributed by atoms with Crippen LogP contribution < -0.4 is 10.6 Å². The van der Waals surface area contributed by atoms with Crippen LogP contribution in [0.2, 0.25) is 0 Å². The summed E-state index contributed by atoms with van der Waals surface area (Å²) in [4.78, 5) is 34.5. The van der Waals surface area contributed by atoms with E-state index in [0.717, 1.165) is 11.3 Å². The summed E-state index contributed by atoms with van der Waals surface area (Å²) in [5.41, 5.74) is 1.68. The van der Waals surface area contributed by atoms with Gasteiger partial charge in [-0.2, -0.15) is 0 Å². The van der Waals surface area contributed by atoms with Crippen molar-refractivity contribution in [1.29, 1.82) is 0 Å². The van der Waals surface area contributed by atoms with Gasteiger partial charge in [-0.25, -0.2) is 4.79 Å². The smallest absolute Gasteiger partial charge is 0.326 e. The Labute approximate surface area is 121 Å². The van der Waals surface area contributed by atoms with E-state index in [1.54, 1.807) is 0 Å². The van der Waals surface area contributed by atoms with Crippen molar-refractivity contribution in [3.8, 4) is 0 Å². The van der Waals surface area contributed by atoms with Crippen molar-refractivity contribution < 1.29 is 24.2 Å². The van der Waals surface area contributed by atoms with Gasteiger partial charge in [-0.05, 0) is 11.6 Å². The lowest BCUT2D eigenvalue weighted by Gasteiger charge is -2.16. The topological polar surface area (TPSA) is 105 Å². The van der Waals surface area contributed by atoms with Crippen LogP contribution in [0.3, 0.4) is 0 Å². The third-order valence-electron chi connectivity index (χ3n) is 3.36. The van der Waals surface area contributed by atoms with E-state index in [1.165, 1.54) is 7.11 Å². The summed E-state index contributed by atoms with van der Waals surface area (Å²) in [5, 5.41) is 14.5. The SMILES string of the molecule is COC(=O)C[C@H](NC(=O)C1CNc2ccccc21)C(=O)O. The number of hydrogen-bond acceptors (Lipinski definition) is 5. The third kappa shape index (κ3) is 3.31. The van der Waals surface area contributed by atoms with E-state index in [0.29, 0.717) is 6.54 Å². The second-order valence-electron chi connectivity index (χ2n) is 4.70. The highest BCUT2D eigenvalue weighted by Gasteiger charge is 2.32. The first kappa shape index (κ1) is 14.8. The Kier molecular flexibility index (Phi) is 4.42. The van der Waals surface area contributed by atoms with Crippen LogP contribution in [-0.4, -0.2) is 42.6 Å². The van der Waals surface area contributed by atoms with E-state index in [4.69, 9.17) is 5.11 Å². The Bertz CT molecular complexity index is 572. The highest BCUT2D eigenvalue weighted by Crippen LogP contribution is 2.31. The summed E-state index contributed by atoms with van der Waals surface area (Å²) >= 11 is 0.